The van der Waals surface area contributed by atoms with Gasteiger partial charge in [-0.15, -0.1) is 0 Å². The molecule has 0 aromatic heterocycles. The Bertz CT molecular complexity index is 338. The molecule has 0 spiro atoms. The summed E-state index contributed by atoms with van der Waals surface area (Å²) in [6.45, 7) is 10.9. The Morgan fingerprint density at radius 1 is 1.13 bits per heavy atom. The van der Waals surface area contributed by atoms with Gasteiger partial charge in [-0.05, 0) is 52.0 Å². The third-order valence-corrected chi connectivity index (χ3v) is 3.48. The van der Waals surface area contributed by atoms with E-state index < -0.39 is 12.6 Å². The van der Waals surface area contributed by atoms with Crippen molar-refractivity contribution in [2.75, 3.05) is 32.8 Å². The molecule has 0 aliphatic rings. The van der Waals surface area contributed by atoms with Crippen LogP contribution < -0.4 is 10.6 Å². The van der Waals surface area contributed by atoms with Crippen molar-refractivity contribution in [3.05, 3.63) is 23.9 Å². The van der Waals surface area contributed by atoms with E-state index in [1.165, 1.54) is 18.9 Å². The first kappa shape index (κ1) is 22.0. The normalized spacial score (nSPS) is 13.3. The second kappa shape index (κ2) is 13.4. The maximum absolute atomic E-state index is 12.1. The quantitative estimate of drug-likeness (QED) is 0.302. The highest BCUT2D eigenvalue weighted by Crippen LogP contribution is 2.19. The van der Waals surface area contributed by atoms with Gasteiger partial charge in [-0.1, -0.05) is 32.4 Å². The Hall–Kier alpha value is -1.01. The summed E-state index contributed by atoms with van der Waals surface area (Å²) < 4.78 is 36.2. The predicted molar refractivity (Wildman–Crippen MR) is 91.2 cm³/mol. The molecule has 136 valence electrons. The van der Waals surface area contributed by atoms with Crippen molar-refractivity contribution in [1.29, 1.82) is 0 Å². The minimum absolute atomic E-state index is 0.553. The minimum atomic E-state index is -4.14. The molecule has 2 N–H and O–H groups in total. The number of hydrogen-bond acceptors (Lipinski definition) is 3. The number of halogens is 3. The SMILES string of the molecule is C/C=C(\C=C/CC(F)(F)F)NCNCCCN(CC)CCCC. The van der Waals surface area contributed by atoms with Crippen molar-refractivity contribution in [3.63, 3.8) is 0 Å². The molecule has 0 aromatic rings. The van der Waals surface area contributed by atoms with Gasteiger partial charge in [0.1, 0.15) is 0 Å². The summed E-state index contributed by atoms with van der Waals surface area (Å²) in [6, 6.07) is 0. The molecule has 0 aliphatic carbocycles. The van der Waals surface area contributed by atoms with E-state index in [-0.39, 0.29) is 0 Å². The zero-order chi connectivity index (χ0) is 17.6. The minimum Gasteiger partial charge on any atom is -0.373 e. The van der Waals surface area contributed by atoms with E-state index in [9.17, 15) is 13.2 Å². The van der Waals surface area contributed by atoms with Gasteiger partial charge in [-0.2, -0.15) is 13.2 Å². The van der Waals surface area contributed by atoms with Gasteiger partial charge in [0.15, 0.2) is 0 Å². The number of alkyl halides is 3. The lowest BCUT2D eigenvalue weighted by Gasteiger charge is -2.20. The molecule has 6 heteroatoms. The van der Waals surface area contributed by atoms with Crippen LogP contribution in [0.25, 0.3) is 0 Å². The number of rotatable bonds is 13. The number of nitrogens with zero attached hydrogens (tertiary/aromatic N) is 1. The Kier molecular flexibility index (Phi) is 12.8. The summed E-state index contributed by atoms with van der Waals surface area (Å²) in [5.74, 6) is 0. The van der Waals surface area contributed by atoms with Crippen molar-refractivity contribution >= 4 is 0 Å². The van der Waals surface area contributed by atoms with Crippen molar-refractivity contribution < 1.29 is 13.2 Å². The fourth-order valence-electron chi connectivity index (χ4n) is 2.07. The van der Waals surface area contributed by atoms with Gasteiger partial charge >= 0.3 is 6.18 Å². The summed E-state index contributed by atoms with van der Waals surface area (Å²) in [5.41, 5.74) is 0.694. The number of nitrogens with one attached hydrogen (secondary N) is 2. The number of unbranched alkanes of at least 4 members (excludes halogenated alkanes) is 1. The molecule has 0 aliphatic heterocycles. The maximum Gasteiger partial charge on any atom is 0.392 e. The van der Waals surface area contributed by atoms with Gasteiger partial charge in [-0.25, -0.2) is 0 Å². The molecule has 0 saturated heterocycles. The predicted octanol–water partition coefficient (Wildman–Crippen LogP) is 4.05. The monoisotopic (exact) mass is 335 g/mol. The van der Waals surface area contributed by atoms with E-state index in [2.05, 4.69) is 29.4 Å². The molecule has 0 unspecified atom stereocenters. The summed E-state index contributed by atoms with van der Waals surface area (Å²) >= 11 is 0. The lowest BCUT2D eigenvalue weighted by atomic mass is 10.3. The maximum atomic E-state index is 12.1. The smallest absolute Gasteiger partial charge is 0.373 e. The standard InChI is InChI=1S/C17H32F3N3/c1-4-7-13-23(6-3)14-9-12-21-15-22-16(5-2)10-8-11-17(18,19)20/h5,8,10,21-22H,4,6-7,9,11-15H2,1-3H3/b10-8-,16-5+. The molecular formula is C17H32F3N3. The molecule has 0 radical (unpaired) electrons. The van der Waals surface area contributed by atoms with Crippen molar-refractivity contribution in [3.8, 4) is 0 Å². The number of hydrogen-bond donors (Lipinski definition) is 2. The van der Waals surface area contributed by atoms with Gasteiger partial charge in [-0.3, -0.25) is 0 Å². The van der Waals surface area contributed by atoms with E-state index in [0.717, 1.165) is 38.7 Å². The van der Waals surface area contributed by atoms with Crippen LogP contribution in [0.3, 0.4) is 0 Å². The van der Waals surface area contributed by atoms with Crippen LogP contribution in [-0.4, -0.2) is 43.9 Å². The van der Waals surface area contributed by atoms with Gasteiger partial charge < -0.3 is 15.5 Å². The van der Waals surface area contributed by atoms with Crippen LogP contribution >= 0.6 is 0 Å². The fraction of sp³-hybridized carbons (Fsp3) is 0.765. The third-order valence-electron chi connectivity index (χ3n) is 3.48. The lowest BCUT2D eigenvalue weighted by Crippen LogP contribution is -2.32. The summed E-state index contributed by atoms with van der Waals surface area (Å²) in [5, 5.41) is 6.33. The second-order valence-electron chi connectivity index (χ2n) is 5.46. The topological polar surface area (TPSA) is 27.3 Å². The molecule has 0 atom stereocenters. The molecule has 0 bridgehead atoms. The molecule has 0 saturated carbocycles. The van der Waals surface area contributed by atoms with Crippen LogP contribution in [0.2, 0.25) is 0 Å². The summed E-state index contributed by atoms with van der Waals surface area (Å²) in [4.78, 5) is 2.44. The molecule has 0 rings (SSSR count). The molecule has 0 heterocycles. The van der Waals surface area contributed by atoms with Crippen LogP contribution in [0.1, 0.15) is 46.5 Å². The summed E-state index contributed by atoms with van der Waals surface area (Å²) in [7, 11) is 0. The zero-order valence-electron chi connectivity index (χ0n) is 14.7. The first-order valence-electron chi connectivity index (χ1n) is 8.49. The van der Waals surface area contributed by atoms with E-state index in [4.69, 9.17) is 0 Å². The molecule has 23 heavy (non-hydrogen) atoms. The van der Waals surface area contributed by atoms with E-state index in [1.54, 1.807) is 13.0 Å². The Morgan fingerprint density at radius 2 is 1.83 bits per heavy atom. The van der Waals surface area contributed by atoms with Gasteiger partial charge in [0.2, 0.25) is 0 Å². The van der Waals surface area contributed by atoms with Gasteiger partial charge in [0, 0.05) is 5.70 Å². The highest BCUT2D eigenvalue weighted by molar-refractivity contribution is 5.15. The Morgan fingerprint density at radius 3 is 2.39 bits per heavy atom. The Balaban J connectivity index is 3.76. The van der Waals surface area contributed by atoms with Crippen LogP contribution in [0.5, 0.6) is 0 Å². The van der Waals surface area contributed by atoms with Gasteiger partial charge in [0.05, 0.1) is 13.1 Å². The molecular weight excluding hydrogens is 303 g/mol. The first-order valence-corrected chi connectivity index (χ1v) is 8.49. The molecule has 0 fully saturated rings. The highest BCUT2D eigenvalue weighted by Gasteiger charge is 2.24. The average molecular weight is 335 g/mol. The second-order valence-corrected chi connectivity index (χ2v) is 5.46. The molecule has 3 nitrogen and oxygen atoms in total. The molecule has 0 amide bonds. The van der Waals surface area contributed by atoms with Gasteiger partial charge in [0.25, 0.3) is 0 Å². The van der Waals surface area contributed by atoms with Crippen molar-refractivity contribution in [2.24, 2.45) is 0 Å². The van der Waals surface area contributed by atoms with Crippen LogP contribution in [-0.2, 0) is 0 Å². The molecule has 0 aromatic carbocycles. The Labute approximate surface area is 139 Å². The third kappa shape index (κ3) is 14.3. The highest BCUT2D eigenvalue weighted by atomic mass is 19.4. The van der Waals surface area contributed by atoms with Crippen LogP contribution in [0.4, 0.5) is 13.2 Å². The van der Waals surface area contributed by atoms with E-state index >= 15 is 0 Å². The first-order chi connectivity index (χ1) is 10.9. The van der Waals surface area contributed by atoms with Crippen molar-refractivity contribution in [1.82, 2.24) is 15.5 Å². The zero-order valence-corrected chi connectivity index (χ0v) is 14.7. The van der Waals surface area contributed by atoms with E-state index in [0.29, 0.717) is 12.4 Å². The number of allylic oxidation sites excluding steroid dienone is 3. The van der Waals surface area contributed by atoms with E-state index in [1.807, 2.05) is 0 Å². The average Bonchev–Trinajstić information content (AvgIpc) is 2.50. The lowest BCUT2D eigenvalue weighted by molar-refractivity contribution is -0.125. The summed E-state index contributed by atoms with van der Waals surface area (Å²) in [6.07, 6.45) is 2.84. The largest absolute Gasteiger partial charge is 0.392 e. The van der Waals surface area contributed by atoms with Crippen molar-refractivity contribution in [2.45, 2.75) is 52.6 Å². The van der Waals surface area contributed by atoms with Crippen LogP contribution in [0, 0.1) is 0 Å². The van der Waals surface area contributed by atoms with Crippen LogP contribution in [0.15, 0.2) is 23.9 Å². The fourth-order valence-corrected chi connectivity index (χ4v) is 2.07.